The smallest absolute Gasteiger partial charge is 0.0440 e. The van der Waals surface area contributed by atoms with Crippen LogP contribution in [0.25, 0.3) is 107 Å². The lowest BCUT2D eigenvalue weighted by Crippen LogP contribution is -1.89. The summed E-state index contributed by atoms with van der Waals surface area (Å²) < 4.78 is 1.41. The van der Waals surface area contributed by atoms with Gasteiger partial charge in [0.05, 0.1) is 0 Å². The zero-order valence-electron chi connectivity index (χ0n) is 23.8. The number of benzene rings is 8. The quantitative estimate of drug-likeness (QED) is 0.138. The Kier molecular flexibility index (Phi) is 3.94. The SMILES string of the molecule is Cc1cc2c(cc1C)c1ccc3c4c(ccc2c14)c1cccc2c1c3c1cccc3c4cc(-c5ccccc5)sc4c2c31. The summed E-state index contributed by atoms with van der Waals surface area (Å²) >= 11 is 1.94. The maximum Gasteiger partial charge on any atom is 0.0440 e. The highest BCUT2D eigenvalue weighted by molar-refractivity contribution is 7.23. The van der Waals surface area contributed by atoms with Crippen molar-refractivity contribution in [1.82, 2.24) is 0 Å². The summed E-state index contributed by atoms with van der Waals surface area (Å²) in [5, 5.41) is 23.6. The summed E-state index contributed by atoms with van der Waals surface area (Å²) in [6.07, 6.45) is 0. The van der Waals surface area contributed by atoms with Crippen LogP contribution in [0, 0.1) is 13.8 Å². The van der Waals surface area contributed by atoms with Gasteiger partial charge in [0.25, 0.3) is 0 Å². The highest BCUT2D eigenvalue weighted by Gasteiger charge is 2.24. The van der Waals surface area contributed by atoms with Crippen LogP contribution in [0.4, 0.5) is 0 Å². The molecule has 198 valence electrons. The molecule has 11 aromatic rings. The molecule has 1 heterocycles. The molecule has 0 atom stereocenters. The molecule has 0 saturated heterocycles. The summed E-state index contributed by atoms with van der Waals surface area (Å²) in [6.45, 7) is 4.47. The van der Waals surface area contributed by atoms with Crippen LogP contribution in [-0.2, 0) is 0 Å². The van der Waals surface area contributed by atoms with Gasteiger partial charge in [0.1, 0.15) is 0 Å². The predicted octanol–water partition coefficient (Wildman–Crippen LogP) is 12.7. The average molecular weight is 561 g/mol. The lowest BCUT2D eigenvalue weighted by molar-refractivity contribution is 1.37. The minimum atomic E-state index is 1.29. The van der Waals surface area contributed by atoms with Crippen molar-refractivity contribution >= 4 is 108 Å². The third-order valence-corrected chi connectivity index (χ3v) is 11.6. The van der Waals surface area contributed by atoms with E-state index in [1.54, 1.807) is 0 Å². The van der Waals surface area contributed by atoms with E-state index in [1.165, 1.54) is 118 Å². The Labute approximate surface area is 251 Å². The molecule has 0 N–H and O–H groups in total. The first-order valence-electron chi connectivity index (χ1n) is 15.1. The monoisotopic (exact) mass is 560 g/mol. The average Bonchev–Trinajstić information content (AvgIpc) is 3.70. The van der Waals surface area contributed by atoms with Crippen molar-refractivity contribution in [3.8, 4) is 10.4 Å². The summed E-state index contributed by atoms with van der Waals surface area (Å²) in [5.41, 5.74) is 4.01. The third-order valence-electron chi connectivity index (χ3n) is 10.4. The lowest BCUT2D eigenvalue weighted by atomic mass is 9.85. The molecule has 0 spiro atoms. The van der Waals surface area contributed by atoms with E-state index < -0.39 is 0 Å². The summed E-state index contributed by atoms with van der Waals surface area (Å²) in [6, 6.07) is 41.7. The molecule has 0 fully saturated rings. The zero-order chi connectivity index (χ0) is 28.1. The molecule has 10 aromatic carbocycles. The first-order valence-corrected chi connectivity index (χ1v) is 15.9. The number of fused-ring (bicyclic) bond motifs is 10. The third kappa shape index (κ3) is 2.57. The Bertz CT molecular complexity index is 2900. The first kappa shape index (κ1) is 22.6. The molecule has 0 radical (unpaired) electrons. The van der Waals surface area contributed by atoms with Crippen molar-refractivity contribution < 1.29 is 0 Å². The van der Waals surface area contributed by atoms with Crippen LogP contribution < -0.4 is 0 Å². The molecule has 0 aliphatic rings. The second-order valence-electron chi connectivity index (χ2n) is 12.5. The fraction of sp³-hybridized carbons (Fsp3) is 0.0476. The van der Waals surface area contributed by atoms with Crippen LogP contribution in [0.15, 0.2) is 109 Å². The van der Waals surface area contributed by atoms with Crippen molar-refractivity contribution in [3.05, 3.63) is 120 Å². The maximum absolute atomic E-state index is 2.43. The summed E-state index contributed by atoms with van der Waals surface area (Å²) in [4.78, 5) is 1.34. The van der Waals surface area contributed by atoms with Crippen molar-refractivity contribution in [2.75, 3.05) is 0 Å². The lowest BCUT2D eigenvalue weighted by Gasteiger charge is -2.17. The number of thiophene rings is 1. The second-order valence-corrected chi connectivity index (χ2v) is 13.5. The molecule has 1 heteroatoms. The number of hydrogen-bond acceptors (Lipinski definition) is 1. The van der Waals surface area contributed by atoms with E-state index in [2.05, 4.69) is 123 Å². The van der Waals surface area contributed by atoms with E-state index in [9.17, 15) is 0 Å². The van der Waals surface area contributed by atoms with E-state index in [-0.39, 0.29) is 0 Å². The van der Waals surface area contributed by atoms with Crippen LogP contribution in [-0.4, -0.2) is 0 Å². The largest absolute Gasteiger partial charge is 0.135 e. The fourth-order valence-corrected chi connectivity index (χ4v) is 9.70. The molecule has 0 bridgehead atoms. The van der Waals surface area contributed by atoms with Gasteiger partial charge < -0.3 is 0 Å². The van der Waals surface area contributed by atoms with Gasteiger partial charge in [-0.15, -0.1) is 11.3 Å². The molecule has 0 aliphatic carbocycles. The van der Waals surface area contributed by atoms with Crippen molar-refractivity contribution in [3.63, 3.8) is 0 Å². The topological polar surface area (TPSA) is 0 Å². The molecule has 0 aliphatic heterocycles. The minimum absolute atomic E-state index is 1.29. The number of hydrogen-bond donors (Lipinski definition) is 0. The molecular formula is C42H24S. The Morgan fingerprint density at radius 3 is 1.47 bits per heavy atom. The normalized spacial score (nSPS) is 12.9. The van der Waals surface area contributed by atoms with Gasteiger partial charge in [-0.25, -0.2) is 0 Å². The highest BCUT2D eigenvalue weighted by atomic mass is 32.1. The molecule has 0 amide bonds. The molecule has 1 aromatic heterocycles. The van der Waals surface area contributed by atoms with Crippen LogP contribution in [0.2, 0.25) is 0 Å². The van der Waals surface area contributed by atoms with Gasteiger partial charge in [0, 0.05) is 20.3 Å². The maximum atomic E-state index is 2.43. The Morgan fingerprint density at radius 1 is 0.349 bits per heavy atom. The molecule has 0 nitrogen and oxygen atoms in total. The van der Waals surface area contributed by atoms with Crippen LogP contribution in [0.5, 0.6) is 0 Å². The Morgan fingerprint density at radius 2 is 0.791 bits per heavy atom. The van der Waals surface area contributed by atoms with Gasteiger partial charge in [-0.05, 0) is 117 Å². The molecule has 11 rings (SSSR count). The van der Waals surface area contributed by atoms with Crippen LogP contribution >= 0.6 is 11.3 Å². The number of rotatable bonds is 1. The fourth-order valence-electron chi connectivity index (χ4n) is 8.45. The van der Waals surface area contributed by atoms with Crippen molar-refractivity contribution in [2.24, 2.45) is 0 Å². The molecule has 0 unspecified atom stereocenters. The van der Waals surface area contributed by atoms with Gasteiger partial charge in [-0.1, -0.05) is 103 Å². The van der Waals surface area contributed by atoms with Gasteiger partial charge >= 0.3 is 0 Å². The zero-order valence-corrected chi connectivity index (χ0v) is 24.6. The van der Waals surface area contributed by atoms with E-state index in [0.717, 1.165) is 0 Å². The highest BCUT2D eigenvalue weighted by Crippen LogP contribution is 2.54. The van der Waals surface area contributed by atoms with Gasteiger partial charge in [0.2, 0.25) is 0 Å². The Balaban J connectivity index is 1.40. The van der Waals surface area contributed by atoms with Crippen LogP contribution in [0.1, 0.15) is 11.1 Å². The van der Waals surface area contributed by atoms with E-state index >= 15 is 0 Å². The van der Waals surface area contributed by atoms with Gasteiger partial charge in [-0.3, -0.25) is 0 Å². The van der Waals surface area contributed by atoms with Crippen molar-refractivity contribution in [1.29, 1.82) is 0 Å². The standard InChI is InChI=1S/C42H24S/c1-21-18-32-27-15-14-26-24-10-6-13-30-37(24)40(31-17-16-28(36(27)38(26)31)33(32)19-22(21)2)29-12-7-11-25-34-20-35(23-8-4-3-5-9-23)43-42(34)41(30)39(25)29/h3-20H,1-2H3. The van der Waals surface area contributed by atoms with Crippen molar-refractivity contribution in [2.45, 2.75) is 13.8 Å². The van der Waals surface area contributed by atoms with Crippen LogP contribution in [0.3, 0.4) is 0 Å². The Hall–Kier alpha value is -4.98. The predicted molar refractivity (Wildman–Crippen MR) is 190 cm³/mol. The van der Waals surface area contributed by atoms with Gasteiger partial charge in [0.15, 0.2) is 0 Å². The number of aryl methyl sites for hydroxylation is 2. The second kappa shape index (κ2) is 7.50. The van der Waals surface area contributed by atoms with E-state index in [1.807, 2.05) is 11.3 Å². The summed E-state index contributed by atoms with van der Waals surface area (Å²) in [5.74, 6) is 0. The first-order chi connectivity index (χ1) is 21.2. The molecular weight excluding hydrogens is 537 g/mol. The van der Waals surface area contributed by atoms with Gasteiger partial charge in [-0.2, -0.15) is 0 Å². The van der Waals surface area contributed by atoms with E-state index in [0.29, 0.717) is 0 Å². The van der Waals surface area contributed by atoms with E-state index in [4.69, 9.17) is 0 Å². The summed E-state index contributed by atoms with van der Waals surface area (Å²) in [7, 11) is 0. The molecule has 43 heavy (non-hydrogen) atoms. The minimum Gasteiger partial charge on any atom is -0.135 e. The molecule has 0 saturated carbocycles.